The molecule has 0 aliphatic heterocycles. The molecule has 0 aliphatic carbocycles. The van der Waals surface area contributed by atoms with Crippen molar-refractivity contribution in [3.05, 3.63) is 23.8 Å². The van der Waals surface area contributed by atoms with Gasteiger partial charge in [-0.3, -0.25) is 0 Å². The van der Waals surface area contributed by atoms with Gasteiger partial charge < -0.3 is 19.5 Å². The third-order valence-corrected chi connectivity index (χ3v) is 3.04. The molecular formula is C15H25NO3. The van der Waals surface area contributed by atoms with Gasteiger partial charge >= 0.3 is 0 Å². The van der Waals surface area contributed by atoms with Crippen LogP contribution < -0.4 is 14.8 Å². The highest BCUT2D eigenvalue weighted by Gasteiger charge is 2.09. The van der Waals surface area contributed by atoms with Crippen LogP contribution in [0.2, 0.25) is 0 Å². The summed E-state index contributed by atoms with van der Waals surface area (Å²) in [4.78, 5) is 0. The zero-order chi connectivity index (χ0) is 14.1. The van der Waals surface area contributed by atoms with E-state index in [4.69, 9.17) is 14.2 Å². The van der Waals surface area contributed by atoms with Crippen LogP contribution in [0.25, 0.3) is 0 Å². The van der Waals surface area contributed by atoms with Gasteiger partial charge in [0.25, 0.3) is 0 Å². The summed E-state index contributed by atoms with van der Waals surface area (Å²) in [6.45, 7) is 4.83. The van der Waals surface area contributed by atoms with E-state index in [2.05, 4.69) is 18.3 Å². The second kappa shape index (κ2) is 8.77. The third kappa shape index (κ3) is 5.49. The lowest BCUT2D eigenvalue weighted by Gasteiger charge is -2.15. The Kier molecular flexibility index (Phi) is 7.30. The summed E-state index contributed by atoms with van der Waals surface area (Å²) in [5, 5.41) is 3.38. The van der Waals surface area contributed by atoms with Gasteiger partial charge in [0.05, 0.1) is 20.8 Å². The highest BCUT2D eigenvalue weighted by Crippen LogP contribution is 2.26. The molecule has 0 amide bonds. The van der Waals surface area contributed by atoms with Crippen LogP contribution in [0.1, 0.15) is 12.5 Å². The highest BCUT2D eigenvalue weighted by molar-refractivity contribution is 5.40. The lowest BCUT2D eigenvalue weighted by atomic mass is 10.00. The summed E-state index contributed by atoms with van der Waals surface area (Å²) in [6, 6.07) is 5.98. The van der Waals surface area contributed by atoms with Crippen LogP contribution >= 0.6 is 0 Å². The van der Waals surface area contributed by atoms with Crippen LogP contribution in [-0.2, 0) is 11.2 Å². The van der Waals surface area contributed by atoms with Crippen LogP contribution in [0.15, 0.2) is 18.2 Å². The van der Waals surface area contributed by atoms with Crippen LogP contribution in [0.5, 0.6) is 11.5 Å². The Morgan fingerprint density at radius 2 is 1.95 bits per heavy atom. The van der Waals surface area contributed by atoms with Gasteiger partial charge in [-0.25, -0.2) is 0 Å². The van der Waals surface area contributed by atoms with Crippen molar-refractivity contribution in [1.29, 1.82) is 0 Å². The van der Waals surface area contributed by atoms with Crippen LogP contribution in [0, 0.1) is 5.92 Å². The molecule has 1 aromatic rings. The average Bonchev–Trinajstić information content (AvgIpc) is 2.44. The summed E-state index contributed by atoms with van der Waals surface area (Å²) in [5.41, 5.74) is 1.21. The van der Waals surface area contributed by atoms with Gasteiger partial charge in [0.2, 0.25) is 0 Å². The van der Waals surface area contributed by atoms with Gasteiger partial charge in [0, 0.05) is 19.7 Å². The van der Waals surface area contributed by atoms with E-state index in [0.717, 1.165) is 37.6 Å². The average molecular weight is 267 g/mol. The molecule has 0 saturated carbocycles. The van der Waals surface area contributed by atoms with E-state index in [1.165, 1.54) is 5.56 Å². The number of methoxy groups -OCH3 is 3. The van der Waals surface area contributed by atoms with E-state index in [1.807, 2.05) is 12.1 Å². The van der Waals surface area contributed by atoms with E-state index in [1.54, 1.807) is 21.3 Å². The van der Waals surface area contributed by atoms with Crippen molar-refractivity contribution >= 4 is 0 Å². The molecule has 0 aliphatic rings. The number of benzene rings is 1. The van der Waals surface area contributed by atoms with Gasteiger partial charge in [-0.05, 0) is 30.5 Å². The van der Waals surface area contributed by atoms with Gasteiger partial charge in [0.15, 0.2) is 0 Å². The molecule has 0 fully saturated rings. The Balaban J connectivity index is 2.51. The summed E-state index contributed by atoms with van der Waals surface area (Å²) in [7, 11) is 5.07. The van der Waals surface area contributed by atoms with Crippen LogP contribution in [0.4, 0.5) is 0 Å². The topological polar surface area (TPSA) is 39.7 Å². The monoisotopic (exact) mass is 267 g/mol. The van der Waals surface area contributed by atoms with E-state index in [9.17, 15) is 0 Å². The molecule has 1 atom stereocenters. The first-order chi connectivity index (χ1) is 9.21. The van der Waals surface area contributed by atoms with Gasteiger partial charge in [-0.1, -0.05) is 13.0 Å². The SMILES string of the molecule is COCCNCC(C)Cc1ccc(OC)cc1OC. The van der Waals surface area contributed by atoms with Gasteiger partial charge in [-0.2, -0.15) is 0 Å². The zero-order valence-corrected chi connectivity index (χ0v) is 12.4. The Morgan fingerprint density at radius 3 is 2.58 bits per heavy atom. The Hall–Kier alpha value is -1.26. The molecule has 4 nitrogen and oxygen atoms in total. The molecule has 0 saturated heterocycles. The largest absolute Gasteiger partial charge is 0.497 e. The molecule has 0 aromatic heterocycles. The Labute approximate surface area is 116 Å². The first kappa shape index (κ1) is 15.8. The van der Waals surface area contributed by atoms with E-state index < -0.39 is 0 Å². The first-order valence-corrected chi connectivity index (χ1v) is 6.61. The van der Waals surface area contributed by atoms with Crippen molar-refractivity contribution in [2.24, 2.45) is 5.92 Å². The zero-order valence-electron chi connectivity index (χ0n) is 12.4. The lowest BCUT2D eigenvalue weighted by Crippen LogP contribution is -2.25. The van der Waals surface area contributed by atoms with Crippen molar-refractivity contribution in [3.63, 3.8) is 0 Å². The molecule has 1 N–H and O–H groups in total. The molecule has 0 bridgehead atoms. The minimum Gasteiger partial charge on any atom is -0.497 e. The number of hydrogen-bond donors (Lipinski definition) is 1. The van der Waals surface area contributed by atoms with Crippen LogP contribution in [-0.4, -0.2) is 41.0 Å². The molecule has 0 spiro atoms. The lowest BCUT2D eigenvalue weighted by molar-refractivity contribution is 0.198. The third-order valence-electron chi connectivity index (χ3n) is 3.04. The molecule has 1 aromatic carbocycles. The first-order valence-electron chi connectivity index (χ1n) is 6.61. The molecular weight excluding hydrogens is 242 g/mol. The van der Waals surface area contributed by atoms with Gasteiger partial charge in [0.1, 0.15) is 11.5 Å². The second-order valence-electron chi connectivity index (χ2n) is 4.68. The number of ether oxygens (including phenoxy) is 3. The molecule has 1 rings (SSSR count). The molecule has 4 heteroatoms. The summed E-state index contributed by atoms with van der Waals surface area (Å²) < 4.78 is 15.6. The minimum atomic E-state index is 0.541. The van der Waals surface area contributed by atoms with Crippen molar-refractivity contribution in [2.75, 3.05) is 41.0 Å². The fourth-order valence-corrected chi connectivity index (χ4v) is 1.99. The predicted molar refractivity (Wildman–Crippen MR) is 77.2 cm³/mol. The Bertz CT molecular complexity index is 368. The Morgan fingerprint density at radius 1 is 1.16 bits per heavy atom. The normalized spacial score (nSPS) is 12.2. The predicted octanol–water partition coefficient (Wildman–Crippen LogP) is 2.12. The summed E-state index contributed by atoms with van der Waals surface area (Å²) in [6.07, 6.45) is 0.979. The van der Waals surface area contributed by atoms with E-state index >= 15 is 0 Å². The van der Waals surface area contributed by atoms with Crippen molar-refractivity contribution in [3.8, 4) is 11.5 Å². The van der Waals surface area contributed by atoms with Crippen molar-refractivity contribution in [2.45, 2.75) is 13.3 Å². The maximum atomic E-state index is 5.41. The quantitative estimate of drug-likeness (QED) is 0.696. The fourth-order valence-electron chi connectivity index (χ4n) is 1.99. The highest BCUT2D eigenvalue weighted by atomic mass is 16.5. The number of hydrogen-bond acceptors (Lipinski definition) is 4. The van der Waals surface area contributed by atoms with E-state index in [0.29, 0.717) is 5.92 Å². The van der Waals surface area contributed by atoms with Crippen LogP contribution in [0.3, 0.4) is 0 Å². The fraction of sp³-hybridized carbons (Fsp3) is 0.600. The number of nitrogens with one attached hydrogen (secondary N) is 1. The smallest absolute Gasteiger partial charge is 0.125 e. The number of rotatable bonds is 9. The maximum Gasteiger partial charge on any atom is 0.125 e. The summed E-state index contributed by atoms with van der Waals surface area (Å²) >= 11 is 0. The summed E-state index contributed by atoms with van der Waals surface area (Å²) in [5.74, 6) is 2.26. The molecule has 1 unspecified atom stereocenters. The van der Waals surface area contributed by atoms with Gasteiger partial charge in [-0.15, -0.1) is 0 Å². The molecule has 0 heterocycles. The standard InChI is InChI=1S/C15H25NO3/c1-12(11-16-7-8-17-2)9-13-5-6-14(18-3)10-15(13)19-4/h5-6,10,12,16H,7-9,11H2,1-4H3. The molecule has 0 radical (unpaired) electrons. The molecule has 108 valence electrons. The van der Waals surface area contributed by atoms with Crippen molar-refractivity contribution < 1.29 is 14.2 Å². The maximum absolute atomic E-state index is 5.41. The van der Waals surface area contributed by atoms with Crippen molar-refractivity contribution in [1.82, 2.24) is 5.32 Å². The van der Waals surface area contributed by atoms with E-state index in [-0.39, 0.29) is 0 Å². The molecule has 19 heavy (non-hydrogen) atoms. The second-order valence-corrected chi connectivity index (χ2v) is 4.68. The minimum absolute atomic E-state index is 0.541.